The number of carboxylic acid groups (broad SMARTS) is 1. The normalized spacial score (nSPS) is 10.9. The predicted octanol–water partition coefficient (Wildman–Crippen LogP) is 27.2. The minimum absolute atomic E-state index is 0.0669. The van der Waals surface area contributed by atoms with E-state index in [4.69, 9.17) is 86.3 Å². The van der Waals surface area contributed by atoms with Crippen LogP contribution < -0.4 is 0 Å². The SMILES string of the molecule is Cc1ccc(-c2nc3cccc(Cl)c3nc2-c2cccc(Cl)c2)cc1.Cc1ccc(-c2nc3cccc(Cl)c3nc2-c2ccccc2)cc1.Cc1ccc(-c2nc3cccc(O)c3nc2-c2cccc(Cl)c2)cc1.Cc1ccc(-c2nc3cccc(O)c3nc2-c2ccccc2)cc1.O=C(O)c1cccc2nc(-c3ccc(O)cc3)c(-c3ccc(O)cc3)nc12. The number of carbonyl (C=O) groups is 1. The molecule has 0 aliphatic rings. The van der Waals surface area contributed by atoms with Gasteiger partial charge in [-0.25, -0.2) is 54.6 Å². The highest BCUT2D eigenvalue weighted by molar-refractivity contribution is 6.35. The van der Waals surface area contributed by atoms with E-state index >= 15 is 0 Å². The molecule has 0 aliphatic carbocycles. The number of benzene rings is 15. The molecule has 125 heavy (non-hydrogen) atoms. The summed E-state index contributed by atoms with van der Waals surface area (Å²) in [4.78, 5) is 59.2. The second-order valence-corrected chi connectivity index (χ2v) is 31.1. The van der Waals surface area contributed by atoms with Gasteiger partial charge in [-0.05, 0) is 161 Å². The van der Waals surface area contributed by atoms with Gasteiger partial charge in [-0.2, -0.15) is 0 Å². The van der Waals surface area contributed by atoms with E-state index in [0.717, 1.165) is 106 Å². The maximum atomic E-state index is 11.6. The van der Waals surface area contributed by atoms with Gasteiger partial charge in [0, 0.05) is 65.7 Å². The number of phenols is 4. The molecule has 0 saturated carbocycles. The first-order valence-corrected chi connectivity index (χ1v) is 41.2. The second kappa shape index (κ2) is 37.4. The van der Waals surface area contributed by atoms with Gasteiger partial charge < -0.3 is 25.5 Å². The molecule has 5 N–H and O–H groups in total. The van der Waals surface area contributed by atoms with Crippen LogP contribution in [0.1, 0.15) is 32.6 Å². The van der Waals surface area contributed by atoms with E-state index in [0.29, 0.717) is 75.8 Å². The number of fused-ring (bicyclic) bond motifs is 5. The first kappa shape index (κ1) is 83.5. The van der Waals surface area contributed by atoms with E-state index in [1.807, 2.05) is 189 Å². The number of aryl methyl sites for hydroxylation is 4. The fourth-order valence-corrected chi connectivity index (χ4v) is 14.8. The zero-order valence-electron chi connectivity index (χ0n) is 67.5. The van der Waals surface area contributed by atoms with Crippen LogP contribution in [0.4, 0.5) is 0 Å². The number of aromatic carboxylic acids is 1. The van der Waals surface area contributed by atoms with Crippen molar-refractivity contribution in [1.82, 2.24) is 49.8 Å². The number of hydrogen-bond donors (Lipinski definition) is 5. The fraction of sp³-hybridized carbons (Fsp3) is 0.0381. The highest BCUT2D eigenvalue weighted by Gasteiger charge is 2.23. The van der Waals surface area contributed by atoms with Crippen molar-refractivity contribution < 1.29 is 30.3 Å². The molecule has 0 bridgehead atoms. The number of phenolic OH excluding ortho intramolecular Hbond substituents is 4. The molecule has 15 aromatic carbocycles. The highest BCUT2D eigenvalue weighted by Crippen LogP contribution is 2.41. The Labute approximate surface area is 739 Å². The minimum Gasteiger partial charge on any atom is -0.508 e. The zero-order valence-corrected chi connectivity index (χ0v) is 70.6. The maximum absolute atomic E-state index is 11.6. The molecule has 20 heteroatoms. The fourth-order valence-electron chi connectivity index (χ4n) is 14.0. The summed E-state index contributed by atoms with van der Waals surface area (Å²) in [5, 5.41) is 51.4. The van der Waals surface area contributed by atoms with E-state index in [-0.39, 0.29) is 34.1 Å². The maximum Gasteiger partial charge on any atom is 0.337 e. The molecule has 20 aromatic rings. The molecule has 0 aliphatic heterocycles. The first-order chi connectivity index (χ1) is 60.7. The number of rotatable bonds is 11. The molecule has 16 nitrogen and oxygen atoms in total. The predicted molar refractivity (Wildman–Crippen MR) is 505 cm³/mol. The lowest BCUT2D eigenvalue weighted by atomic mass is 10.0. The molecule has 20 rings (SSSR count). The largest absolute Gasteiger partial charge is 0.508 e. The topological polar surface area (TPSA) is 247 Å². The average molecular weight is 1710 g/mol. The summed E-state index contributed by atoms with van der Waals surface area (Å²) < 4.78 is 0. The van der Waals surface area contributed by atoms with Gasteiger partial charge in [-0.15, -0.1) is 0 Å². The van der Waals surface area contributed by atoms with E-state index in [9.17, 15) is 30.3 Å². The number of carboxylic acids is 1. The lowest BCUT2D eigenvalue weighted by Gasteiger charge is -2.12. The Morgan fingerprint density at radius 3 is 0.768 bits per heavy atom. The average Bonchev–Trinajstić information content (AvgIpc) is 0.789. The van der Waals surface area contributed by atoms with Crippen LogP contribution in [0.5, 0.6) is 23.0 Å². The van der Waals surface area contributed by atoms with Crippen LogP contribution in [-0.2, 0) is 0 Å². The standard InChI is InChI=1S/C21H14Cl2N2.C21H15ClN2O.C21H15ClN2.C21H14N2O4.C21H16N2O/c1-13-8-10-14(11-9-13)19-20(15-4-2-5-16(22)12-15)25-21-17(23)6-3-7-18(21)24-19;1-13-8-10-14(11-9-13)19-20(15-4-2-5-16(22)12-15)24-21-17(23-19)6-3-7-18(21)25;1-14-10-12-16(13-11-14)19-20(15-6-3-2-4-7-15)24-21-17(22)8-5-9-18(21)23-19;24-14-8-4-12(5-9-14)18-19(13-6-10-15(25)11-7-13)23-20-16(21(26)27)2-1-3-17(20)22-18;1-14-10-12-16(13-11-14)19-20(15-6-3-2-4-7-15)23-21-17(22-19)8-5-9-18(21)24/h2-12H,1H3;2-12,25H,1H3;2-13H,1H3;1-11,24-25H,(H,26,27);2-13,24H,1H3. The Bertz CT molecular complexity index is 7030. The van der Waals surface area contributed by atoms with Crippen LogP contribution in [0.25, 0.3) is 168 Å². The molecule has 0 amide bonds. The van der Waals surface area contributed by atoms with Crippen LogP contribution in [0.15, 0.2) is 346 Å². The molecule has 0 radical (unpaired) electrons. The lowest BCUT2D eigenvalue weighted by molar-refractivity contribution is 0.0698. The second-order valence-electron chi connectivity index (χ2n) is 29.4. The first-order valence-electron chi connectivity index (χ1n) is 39.7. The summed E-state index contributed by atoms with van der Waals surface area (Å²) in [6.45, 7) is 8.25. The van der Waals surface area contributed by atoms with Gasteiger partial charge in [0.1, 0.15) is 50.6 Å². The summed E-state index contributed by atoms with van der Waals surface area (Å²) in [5.74, 6) is -0.572. The molecule has 5 heterocycles. The van der Waals surface area contributed by atoms with Crippen LogP contribution >= 0.6 is 46.4 Å². The summed E-state index contributed by atoms with van der Waals surface area (Å²) in [6, 6.07) is 108. The summed E-state index contributed by atoms with van der Waals surface area (Å²) in [7, 11) is 0. The number of para-hydroxylation sites is 5. The molecule has 0 unspecified atom stereocenters. The molecule has 5 aromatic heterocycles. The van der Waals surface area contributed by atoms with E-state index in [1.165, 1.54) is 40.5 Å². The molecule has 0 fully saturated rings. The van der Waals surface area contributed by atoms with Gasteiger partial charge in [-0.3, -0.25) is 0 Å². The van der Waals surface area contributed by atoms with E-state index in [2.05, 4.69) is 104 Å². The van der Waals surface area contributed by atoms with Crippen molar-refractivity contribution >= 4 is 108 Å². The number of aromatic nitrogens is 10. The van der Waals surface area contributed by atoms with Crippen LogP contribution in [0.2, 0.25) is 20.1 Å². The summed E-state index contributed by atoms with van der Waals surface area (Å²) in [5.41, 5.74) is 27.6. The Kier molecular flexibility index (Phi) is 25.0. The van der Waals surface area contributed by atoms with Crippen molar-refractivity contribution in [2.45, 2.75) is 27.7 Å². The minimum atomic E-state index is -1.08. The van der Waals surface area contributed by atoms with Crippen molar-refractivity contribution in [2.24, 2.45) is 0 Å². The zero-order chi connectivity index (χ0) is 86.8. The van der Waals surface area contributed by atoms with Crippen molar-refractivity contribution in [3.8, 4) is 136 Å². The van der Waals surface area contributed by atoms with Crippen molar-refractivity contribution in [1.29, 1.82) is 0 Å². The number of nitrogens with zero attached hydrogens (tertiary/aromatic N) is 10. The third-order valence-corrected chi connectivity index (χ3v) is 21.5. The third kappa shape index (κ3) is 19.1. The smallest absolute Gasteiger partial charge is 0.337 e. The molecular weight excluding hydrogens is 1640 g/mol. The Hall–Kier alpha value is -15.2. The third-order valence-electron chi connectivity index (χ3n) is 20.4. The van der Waals surface area contributed by atoms with E-state index in [1.54, 1.807) is 72.8 Å². The molecule has 0 atom stereocenters. The number of halogens is 4. The quantitative estimate of drug-likeness (QED) is 0.0808. The van der Waals surface area contributed by atoms with Gasteiger partial charge in [0.05, 0.1) is 100 Å². The van der Waals surface area contributed by atoms with Crippen molar-refractivity contribution in [3.63, 3.8) is 0 Å². The van der Waals surface area contributed by atoms with Gasteiger partial charge in [0.2, 0.25) is 0 Å². The molecular formula is C105H74Cl4N10O6. The van der Waals surface area contributed by atoms with Gasteiger partial charge in [0.15, 0.2) is 0 Å². The summed E-state index contributed by atoms with van der Waals surface area (Å²) >= 11 is 25.0. The van der Waals surface area contributed by atoms with Crippen LogP contribution in [-0.4, -0.2) is 81.3 Å². The van der Waals surface area contributed by atoms with Crippen molar-refractivity contribution in [3.05, 3.63) is 394 Å². The van der Waals surface area contributed by atoms with Crippen LogP contribution in [0, 0.1) is 27.7 Å². The van der Waals surface area contributed by atoms with Gasteiger partial charge in [0.25, 0.3) is 0 Å². The van der Waals surface area contributed by atoms with E-state index < -0.39 is 5.97 Å². The van der Waals surface area contributed by atoms with Crippen LogP contribution in [0.3, 0.4) is 0 Å². The Balaban J connectivity index is 0.000000115. The highest BCUT2D eigenvalue weighted by atomic mass is 35.5. The van der Waals surface area contributed by atoms with Crippen molar-refractivity contribution in [2.75, 3.05) is 0 Å². The lowest BCUT2D eigenvalue weighted by Crippen LogP contribution is -2.02. The van der Waals surface area contributed by atoms with Gasteiger partial charge >= 0.3 is 5.97 Å². The molecule has 0 spiro atoms. The number of aromatic hydroxyl groups is 4. The Morgan fingerprint density at radius 2 is 0.456 bits per heavy atom. The number of hydrogen-bond acceptors (Lipinski definition) is 15. The molecule has 0 saturated heterocycles. The Morgan fingerprint density at radius 1 is 0.224 bits per heavy atom. The monoisotopic (exact) mass is 1710 g/mol. The van der Waals surface area contributed by atoms with Gasteiger partial charge in [-0.1, -0.05) is 281 Å². The molecule has 608 valence electrons. The summed E-state index contributed by atoms with van der Waals surface area (Å²) in [6.07, 6.45) is 0.